The van der Waals surface area contributed by atoms with Crippen molar-refractivity contribution in [3.63, 3.8) is 0 Å². The largest absolute Gasteiger partial charge is 0.348 e. The first-order valence-corrected chi connectivity index (χ1v) is 7.16. The highest BCUT2D eigenvalue weighted by Crippen LogP contribution is 2.26. The van der Waals surface area contributed by atoms with Gasteiger partial charge in [-0.25, -0.2) is 0 Å². The smallest absolute Gasteiger partial charge is 0.236 e. The number of benzene rings is 1. The van der Waals surface area contributed by atoms with Gasteiger partial charge in [0.15, 0.2) is 0 Å². The zero-order chi connectivity index (χ0) is 15.3. The number of carbonyl (C=O) groups is 1. The maximum Gasteiger partial charge on any atom is 0.236 e. The van der Waals surface area contributed by atoms with E-state index >= 15 is 0 Å². The summed E-state index contributed by atoms with van der Waals surface area (Å²) in [6, 6.07) is 7.59. The van der Waals surface area contributed by atoms with Gasteiger partial charge in [0, 0.05) is 25.2 Å². The summed E-state index contributed by atoms with van der Waals surface area (Å²) in [5.41, 5.74) is 7.28. The fraction of sp³-hybridized carbons (Fsp3) is 0.533. The summed E-state index contributed by atoms with van der Waals surface area (Å²) in [5, 5.41) is 0.683. The lowest BCUT2D eigenvalue weighted by molar-refractivity contribution is -0.130. The number of halogens is 1. The Morgan fingerprint density at radius 2 is 2.00 bits per heavy atom. The van der Waals surface area contributed by atoms with Crippen molar-refractivity contribution < 1.29 is 4.79 Å². The molecule has 0 bridgehead atoms. The molecule has 0 aliphatic carbocycles. The van der Waals surface area contributed by atoms with Crippen molar-refractivity contribution in [3.05, 3.63) is 34.9 Å². The van der Waals surface area contributed by atoms with E-state index in [1.54, 1.807) is 19.0 Å². The number of nitrogens with two attached hydrogens (primary N) is 1. The Morgan fingerprint density at radius 3 is 2.50 bits per heavy atom. The van der Waals surface area contributed by atoms with Crippen LogP contribution < -0.4 is 5.73 Å². The third kappa shape index (κ3) is 4.47. The third-order valence-electron chi connectivity index (χ3n) is 3.43. The second-order valence-corrected chi connectivity index (χ2v) is 5.71. The van der Waals surface area contributed by atoms with Crippen molar-refractivity contribution in [1.29, 1.82) is 0 Å². The summed E-state index contributed by atoms with van der Waals surface area (Å²) in [6.45, 7) is 2.38. The molecular weight excluding hydrogens is 274 g/mol. The van der Waals surface area contributed by atoms with Crippen LogP contribution in [0.25, 0.3) is 0 Å². The molecule has 0 spiro atoms. The molecule has 2 atom stereocenters. The molecule has 1 aromatic rings. The van der Waals surface area contributed by atoms with Crippen LogP contribution in [0, 0.1) is 0 Å². The van der Waals surface area contributed by atoms with E-state index in [1.165, 1.54) is 0 Å². The molecule has 2 unspecified atom stereocenters. The fourth-order valence-electron chi connectivity index (χ4n) is 2.20. The number of nitrogens with zero attached hydrogens (tertiary/aromatic N) is 2. The Bertz CT molecular complexity index is 450. The average Bonchev–Trinajstić information content (AvgIpc) is 2.38. The van der Waals surface area contributed by atoms with Crippen LogP contribution >= 0.6 is 11.6 Å². The van der Waals surface area contributed by atoms with Gasteiger partial charge in [-0.3, -0.25) is 9.69 Å². The first-order valence-electron chi connectivity index (χ1n) is 6.78. The van der Waals surface area contributed by atoms with Crippen LogP contribution in [-0.2, 0) is 4.79 Å². The van der Waals surface area contributed by atoms with Gasteiger partial charge < -0.3 is 10.6 Å². The van der Waals surface area contributed by atoms with Crippen LogP contribution in [0.4, 0.5) is 0 Å². The zero-order valence-electron chi connectivity index (χ0n) is 12.6. The highest BCUT2D eigenvalue weighted by atomic mass is 35.5. The number of carbonyl (C=O) groups excluding carboxylic acids is 1. The van der Waals surface area contributed by atoms with E-state index < -0.39 is 0 Å². The van der Waals surface area contributed by atoms with Gasteiger partial charge in [-0.15, -0.1) is 0 Å². The maximum absolute atomic E-state index is 11.9. The molecule has 1 amide bonds. The molecule has 112 valence electrons. The molecule has 5 heteroatoms. The minimum atomic E-state index is -0.0478. The SMILES string of the molecule is CCC(N)C(c1cccc(Cl)c1)N(C)CC(=O)N(C)C. The molecule has 4 nitrogen and oxygen atoms in total. The van der Waals surface area contributed by atoms with Crippen molar-refractivity contribution in [3.8, 4) is 0 Å². The average molecular weight is 298 g/mol. The number of hydrogen-bond donors (Lipinski definition) is 1. The zero-order valence-corrected chi connectivity index (χ0v) is 13.4. The van der Waals surface area contributed by atoms with Crippen LogP contribution in [0.3, 0.4) is 0 Å². The highest BCUT2D eigenvalue weighted by molar-refractivity contribution is 6.30. The Kier molecular flexibility index (Phi) is 6.46. The van der Waals surface area contributed by atoms with E-state index in [0.717, 1.165) is 12.0 Å². The molecule has 1 aromatic carbocycles. The van der Waals surface area contributed by atoms with Crippen LogP contribution in [0.15, 0.2) is 24.3 Å². The molecule has 1 rings (SSSR count). The molecule has 0 fully saturated rings. The topological polar surface area (TPSA) is 49.6 Å². The molecule has 0 aliphatic rings. The Balaban J connectivity index is 2.98. The van der Waals surface area contributed by atoms with Gasteiger partial charge in [-0.1, -0.05) is 30.7 Å². The van der Waals surface area contributed by atoms with Crippen LogP contribution in [0.2, 0.25) is 5.02 Å². The quantitative estimate of drug-likeness (QED) is 0.875. The van der Waals surface area contributed by atoms with Gasteiger partial charge in [0.05, 0.1) is 12.6 Å². The summed E-state index contributed by atoms with van der Waals surface area (Å²) >= 11 is 6.06. The third-order valence-corrected chi connectivity index (χ3v) is 3.66. The summed E-state index contributed by atoms with van der Waals surface area (Å²) in [7, 11) is 5.43. The van der Waals surface area contributed by atoms with Gasteiger partial charge in [-0.05, 0) is 31.2 Å². The maximum atomic E-state index is 11.9. The molecular formula is C15H24ClN3O. The lowest BCUT2D eigenvalue weighted by Crippen LogP contribution is -2.43. The minimum absolute atomic E-state index is 0.0254. The highest BCUT2D eigenvalue weighted by Gasteiger charge is 2.25. The van der Waals surface area contributed by atoms with Crippen molar-refractivity contribution in [2.75, 3.05) is 27.7 Å². The van der Waals surface area contributed by atoms with E-state index in [1.807, 2.05) is 43.1 Å². The van der Waals surface area contributed by atoms with Gasteiger partial charge in [-0.2, -0.15) is 0 Å². The first-order chi connectivity index (χ1) is 9.36. The van der Waals surface area contributed by atoms with Crippen molar-refractivity contribution in [2.24, 2.45) is 5.73 Å². The molecule has 0 aromatic heterocycles. The summed E-state index contributed by atoms with van der Waals surface area (Å²) in [5.74, 6) is 0.0582. The lowest BCUT2D eigenvalue weighted by atomic mass is 9.96. The van der Waals surface area contributed by atoms with Crippen molar-refractivity contribution in [2.45, 2.75) is 25.4 Å². The second-order valence-electron chi connectivity index (χ2n) is 5.28. The summed E-state index contributed by atoms with van der Waals surface area (Å²) in [6.07, 6.45) is 0.831. The van der Waals surface area contributed by atoms with Crippen LogP contribution in [0.1, 0.15) is 24.9 Å². The number of rotatable bonds is 6. The lowest BCUT2D eigenvalue weighted by Gasteiger charge is -2.33. The van der Waals surface area contributed by atoms with Crippen molar-refractivity contribution >= 4 is 17.5 Å². The standard InChI is InChI=1S/C15H24ClN3O/c1-5-13(17)15(11-7-6-8-12(16)9-11)19(4)10-14(20)18(2)3/h6-9,13,15H,5,10,17H2,1-4H3. The van der Waals surface area contributed by atoms with E-state index in [0.29, 0.717) is 11.6 Å². The molecule has 0 heterocycles. The molecule has 0 aliphatic heterocycles. The molecule has 2 N–H and O–H groups in total. The number of hydrogen-bond acceptors (Lipinski definition) is 3. The molecule has 0 radical (unpaired) electrons. The normalized spacial score (nSPS) is 14.2. The molecule has 0 saturated carbocycles. The predicted molar refractivity (Wildman–Crippen MR) is 83.8 cm³/mol. The molecule has 20 heavy (non-hydrogen) atoms. The van der Waals surface area contributed by atoms with Gasteiger partial charge in [0.2, 0.25) is 5.91 Å². The van der Waals surface area contributed by atoms with E-state index in [4.69, 9.17) is 17.3 Å². The second kappa shape index (κ2) is 7.62. The fourth-order valence-corrected chi connectivity index (χ4v) is 2.39. The summed E-state index contributed by atoms with van der Waals surface area (Å²) < 4.78 is 0. The van der Waals surface area contributed by atoms with Gasteiger partial charge in [0.1, 0.15) is 0 Å². The van der Waals surface area contributed by atoms with Crippen molar-refractivity contribution in [1.82, 2.24) is 9.80 Å². The number of amides is 1. The Morgan fingerprint density at radius 1 is 1.35 bits per heavy atom. The van der Waals surface area contributed by atoms with Crippen LogP contribution in [-0.4, -0.2) is 49.4 Å². The van der Waals surface area contributed by atoms with E-state index in [-0.39, 0.29) is 18.0 Å². The van der Waals surface area contributed by atoms with E-state index in [9.17, 15) is 4.79 Å². The monoisotopic (exact) mass is 297 g/mol. The van der Waals surface area contributed by atoms with Gasteiger partial charge >= 0.3 is 0 Å². The summed E-state index contributed by atoms with van der Waals surface area (Å²) in [4.78, 5) is 15.5. The Hall–Kier alpha value is -1.10. The predicted octanol–water partition coefficient (Wildman–Crippen LogP) is 2.14. The van der Waals surface area contributed by atoms with Crippen LogP contribution in [0.5, 0.6) is 0 Å². The Labute approximate surface area is 126 Å². The minimum Gasteiger partial charge on any atom is -0.348 e. The molecule has 0 saturated heterocycles. The first kappa shape index (κ1) is 17.0. The number of likely N-dealkylation sites (N-methyl/N-ethyl adjacent to an activating group) is 2. The van der Waals surface area contributed by atoms with E-state index in [2.05, 4.69) is 0 Å². The van der Waals surface area contributed by atoms with Gasteiger partial charge in [0.25, 0.3) is 0 Å².